The van der Waals surface area contributed by atoms with Crippen LogP contribution < -0.4 is 0 Å². The first kappa shape index (κ1) is 20.6. The molecule has 0 bridgehead atoms. The number of aliphatic hydroxyl groups is 1. The minimum atomic E-state index is -0.730. The Kier molecular flexibility index (Phi) is 6.34. The van der Waals surface area contributed by atoms with E-state index in [1.54, 1.807) is 25.1 Å². The van der Waals surface area contributed by atoms with Gasteiger partial charge in [-0.15, -0.1) is 0 Å². The first-order valence-electron chi connectivity index (χ1n) is 9.61. The summed E-state index contributed by atoms with van der Waals surface area (Å²) in [5.74, 6) is -0.301. The molecule has 1 aliphatic rings. The van der Waals surface area contributed by atoms with E-state index in [1.807, 2.05) is 49.3 Å². The van der Waals surface area contributed by atoms with Gasteiger partial charge in [-0.05, 0) is 57.8 Å². The van der Waals surface area contributed by atoms with E-state index >= 15 is 0 Å². The molecule has 152 valence electrons. The van der Waals surface area contributed by atoms with E-state index in [-0.39, 0.29) is 5.57 Å². The maximum Gasteiger partial charge on any atom is 0.290 e. The molecular weight excluding hydrogens is 368 g/mol. The predicted octanol–water partition coefficient (Wildman–Crippen LogP) is 3.52. The van der Waals surface area contributed by atoms with Crippen molar-refractivity contribution < 1.29 is 19.1 Å². The number of aryl methyl sites for hydroxylation is 1. The van der Waals surface area contributed by atoms with Crippen molar-refractivity contribution in [1.29, 1.82) is 0 Å². The molecule has 1 aliphatic heterocycles. The Morgan fingerprint density at radius 2 is 1.93 bits per heavy atom. The van der Waals surface area contributed by atoms with Gasteiger partial charge in [0.15, 0.2) is 11.5 Å². The van der Waals surface area contributed by atoms with Gasteiger partial charge in [0, 0.05) is 6.54 Å². The van der Waals surface area contributed by atoms with Crippen molar-refractivity contribution in [2.75, 3.05) is 27.2 Å². The van der Waals surface area contributed by atoms with Crippen LogP contribution in [0.2, 0.25) is 0 Å². The van der Waals surface area contributed by atoms with Crippen molar-refractivity contribution in [3.05, 3.63) is 77.0 Å². The van der Waals surface area contributed by atoms with Gasteiger partial charge in [0.2, 0.25) is 0 Å². The highest BCUT2D eigenvalue weighted by molar-refractivity contribution is 6.14. The lowest BCUT2D eigenvalue weighted by Gasteiger charge is -2.25. The first-order chi connectivity index (χ1) is 13.9. The number of aliphatic hydroxyl groups excluding tert-OH is 1. The van der Waals surface area contributed by atoms with E-state index in [0.717, 1.165) is 12.1 Å². The van der Waals surface area contributed by atoms with Gasteiger partial charge in [-0.25, -0.2) is 0 Å². The van der Waals surface area contributed by atoms with Crippen LogP contribution in [0, 0.1) is 6.92 Å². The Morgan fingerprint density at radius 1 is 1.21 bits per heavy atom. The van der Waals surface area contributed by atoms with Gasteiger partial charge in [-0.2, -0.15) is 0 Å². The van der Waals surface area contributed by atoms with E-state index in [4.69, 9.17) is 4.42 Å². The van der Waals surface area contributed by atoms with Crippen LogP contribution in [0.4, 0.5) is 0 Å². The number of ketones is 1. The molecule has 2 heterocycles. The molecule has 1 aromatic heterocycles. The standard InChI is InChI=1S/C23H26N2O4/c1-16-10-13-19(29-16)21-20(18(26)12-11-17-8-5-4-6-9-17)22(27)23(28)25(21)15-7-14-24(2)3/h4-6,8-13,21,27H,7,14-15H2,1-3H3/b12-11+. The van der Waals surface area contributed by atoms with Crippen molar-refractivity contribution in [2.24, 2.45) is 0 Å². The molecule has 6 heteroatoms. The van der Waals surface area contributed by atoms with Crippen LogP contribution in [0.3, 0.4) is 0 Å². The largest absolute Gasteiger partial charge is 0.503 e. The van der Waals surface area contributed by atoms with Crippen molar-refractivity contribution >= 4 is 17.8 Å². The lowest BCUT2D eigenvalue weighted by atomic mass is 10.00. The second kappa shape index (κ2) is 8.92. The number of nitrogens with zero attached hydrogens (tertiary/aromatic N) is 2. The lowest BCUT2D eigenvalue weighted by molar-refractivity contribution is -0.129. The van der Waals surface area contributed by atoms with E-state index in [0.29, 0.717) is 24.5 Å². The van der Waals surface area contributed by atoms with Crippen LogP contribution in [0.1, 0.15) is 29.5 Å². The second-order valence-electron chi connectivity index (χ2n) is 7.38. The molecule has 0 radical (unpaired) electrons. The second-order valence-corrected chi connectivity index (χ2v) is 7.38. The fourth-order valence-electron chi connectivity index (χ4n) is 3.42. The van der Waals surface area contributed by atoms with Gasteiger partial charge in [0.25, 0.3) is 5.91 Å². The predicted molar refractivity (Wildman–Crippen MR) is 111 cm³/mol. The minimum Gasteiger partial charge on any atom is -0.503 e. The monoisotopic (exact) mass is 394 g/mol. The molecule has 0 aliphatic carbocycles. The zero-order valence-electron chi connectivity index (χ0n) is 17.0. The number of hydrogen-bond donors (Lipinski definition) is 1. The van der Waals surface area contributed by atoms with Crippen molar-refractivity contribution in [2.45, 2.75) is 19.4 Å². The lowest BCUT2D eigenvalue weighted by Crippen LogP contribution is -2.33. The van der Waals surface area contributed by atoms with Crippen molar-refractivity contribution in [3.63, 3.8) is 0 Å². The van der Waals surface area contributed by atoms with Crippen LogP contribution in [-0.4, -0.2) is 53.8 Å². The third kappa shape index (κ3) is 4.66. The topological polar surface area (TPSA) is 74.0 Å². The van der Waals surface area contributed by atoms with Gasteiger partial charge in [-0.1, -0.05) is 36.4 Å². The summed E-state index contributed by atoms with van der Waals surface area (Å²) < 4.78 is 5.74. The summed E-state index contributed by atoms with van der Waals surface area (Å²) in [4.78, 5) is 29.2. The van der Waals surface area contributed by atoms with E-state index in [2.05, 4.69) is 0 Å². The zero-order valence-corrected chi connectivity index (χ0v) is 17.0. The summed E-state index contributed by atoms with van der Waals surface area (Å²) in [6.07, 6.45) is 3.77. The molecule has 1 N–H and O–H groups in total. The number of rotatable bonds is 8. The molecule has 3 rings (SSSR count). The Balaban J connectivity index is 1.90. The van der Waals surface area contributed by atoms with Gasteiger partial charge in [0.1, 0.15) is 17.6 Å². The van der Waals surface area contributed by atoms with Gasteiger partial charge in [-0.3, -0.25) is 9.59 Å². The molecule has 29 heavy (non-hydrogen) atoms. The molecule has 0 fully saturated rings. The molecule has 0 spiro atoms. The molecule has 1 amide bonds. The highest BCUT2D eigenvalue weighted by Gasteiger charge is 2.44. The fraction of sp³-hybridized carbons (Fsp3) is 0.304. The Labute approximate surface area is 170 Å². The third-order valence-electron chi connectivity index (χ3n) is 4.83. The number of benzene rings is 1. The van der Waals surface area contributed by atoms with E-state index in [1.165, 1.54) is 11.0 Å². The number of amides is 1. The van der Waals surface area contributed by atoms with Crippen LogP contribution in [0.5, 0.6) is 0 Å². The van der Waals surface area contributed by atoms with Crippen molar-refractivity contribution in [1.82, 2.24) is 9.80 Å². The van der Waals surface area contributed by atoms with Gasteiger partial charge >= 0.3 is 0 Å². The molecule has 0 saturated carbocycles. The van der Waals surface area contributed by atoms with Gasteiger partial charge in [0.05, 0.1) is 5.57 Å². The number of hydrogen-bond acceptors (Lipinski definition) is 5. The summed E-state index contributed by atoms with van der Waals surface area (Å²) in [5, 5.41) is 10.5. The summed E-state index contributed by atoms with van der Waals surface area (Å²) in [6.45, 7) is 2.99. The fourth-order valence-corrected chi connectivity index (χ4v) is 3.42. The maximum absolute atomic E-state index is 13.0. The minimum absolute atomic E-state index is 0.0568. The highest BCUT2D eigenvalue weighted by Crippen LogP contribution is 2.38. The third-order valence-corrected chi connectivity index (χ3v) is 4.83. The number of furan rings is 1. The summed E-state index contributed by atoms with van der Waals surface area (Å²) >= 11 is 0. The smallest absolute Gasteiger partial charge is 0.290 e. The molecular formula is C23H26N2O4. The Bertz CT molecular complexity index is 941. The van der Waals surface area contributed by atoms with Crippen LogP contribution in [0.25, 0.3) is 6.08 Å². The molecule has 2 aromatic rings. The van der Waals surface area contributed by atoms with Crippen LogP contribution in [0.15, 0.2) is 64.3 Å². The zero-order chi connectivity index (χ0) is 21.0. The highest BCUT2D eigenvalue weighted by atomic mass is 16.3. The number of allylic oxidation sites excluding steroid dienone is 1. The van der Waals surface area contributed by atoms with Gasteiger partial charge < -0.3 is 19.3 Å². The van der Waals surface area contributed by atoms with Crippen LogP contribution in [-0.2, 0) is 9.59 Å². The molecule has 0 saturated heterocycles. The summed E-state index contributed by atoms with van der Waals surface area (Å²) in [7, 11) is 3.91. The first-order valence-corrected chi connectivity index (χ1v) is 9.61. The van der Waals surface area contributed by atoms with Crippen molar-refractivity contribution in [3.8, 4) is 0 Å². The molecule has 1 unspecified atom stereocenters. The summed E-state index contributed by atoms with van der Waals surface area (Å²) in [5.41, 5.74) is 0.917. The molecule has 1 atom stereocenters. The Hall–Kier alpha value is -3.12. The average molecular weight is 394 g/mol. The normalized spacial score (nSPS) is 17.2. The number of carbonyl (C=O) groups excluding carboxylic acids is 2. The average Bonchev–Trinajstić information content (AvgIpc) is 3.23. The molecule has 6 nitrogen and oxygen atoms in total. The van der Waals surface area contributed by atoms with Crippen LogP contribution >= 0.6 is 0 Å². The number of carbonyl (C=O) groups is 2. The summed E-state index contributed by atoms with van der Waals surface area (Å²) in [6, 6.07) is 12.2. The van der Waals surface area contributed by atoms with E-state index in [9.17, 15) is 14.7 Å². The maximum atomic E-state index is 13.0. The van der Waals surface area contributed by atoms with E-state index < -0.39 is 23.5 Å². The Morgan fingerprint density at radius 3 is 2.55 bits per heavy atom. The quantitative estimate of drug-likeness (QED) is 0.694. The molecule has 1 aromatic carbocycles. The SMILES string of the molecule is Cc1ccc(C2C(C(=O)/C=C/c3ccccc3)=C(O)C(=O)N2CCCN(C)C)o1.